The van der Waals surface area contributed by atoms with E-state index < -0.39 is 0 Å². The Bertz CT molecular complexity index is 774. The number of hydrogen-bond acceptors (Lipinski definition) is 5. The van der Waals surface area contributed by atoms with Crippen LogP contribution < -0.4 is 10.6 Å². The maximum absolute atomic E-state index is 5.46. The van der Waals surface area contributed by atoms with Gasteiger partial charge in [0.15, 0.2) is 5.96 Å². The van der Waals surface area contributed by atoms with E-state index in [9.17, 15) is 0 Å². The normalized spacial score (nSPS) is 15.9. The van der Waals surface area contributed by atoms with E-state index in [1.54, 1.807) is 0 Å². The fraction of sp³-hybridized carbons (Fsp3) is 0.583. The zero-order valence-electron chi connectivity index (χ0n) is 19.4. The Morgan fingerprint density at radius 3 is 2.42 bits per heavy atom. The van der Waals surface area contributed by atoms with E-state index in [4.69, 9.17) is 9.52 Å². The van der Waals surface area contributed by atoms with Gasteiger partial charge in [-0.25, -0.2) is 4.99 Å². The highest BCUT2D eigenvalue weighted by Crippen LogP contribution is 2.16. The molecule has 2 heterocycles. The molecule has 2 aromatic rings. The molecular formula is C24H38N6O. The van der Waals surface area contributed by atoms with E-state index in [1.807, 2.05) is 0 Å². The minimum absolute atomic E-state index is 0.601. The number of benzene rings is 1. The standard InChI is InChI=1S/C24H38N6O/c1-4-22-21(23(5-2)31-28-22)18-27-24(25-6-3)26-12-13-29-14-16-30(17-15-29)19-20-10-8-7-9-11-20/h7-11H,4-6,12-19H2,1-3H3,(H2,25,26,27). The number of nitrogens with one attached hydrogen (secondary N) is 2. The van der Waals surface area contributed by atoms with Gasteiger partial charge in [0.25, 0.3) is 0 Å². The monoisotopic (exact) mass is 426 g/mol. The van der Waals surface area contributed by atoms with Gasteiger partial charge in [-0.3, -0.25) is 9.80 Å². The Hall–Kier alpha value is -2.38. The highest BCUT2D eigenvalue weighted by molar-refractivity contribution is 5.79. The molecule has 0 amide bonds. The van der Waals surface area contributed by atoms with Gasteiger partial charge in [-0.15, -0.1) is 0 Å². The van der Waals surface area contributed by atoms with Gasteiger partial charge in [0.1, 0.15) is 5.76 Å². The van der Waals surface area contributed by atoms with Crippen LogP contribution in [0.25, 0.3) is 0 Å². The molecule has 170 valence electrons. The quantitative estimate of drug-likeness (QED) is 0.450. The zero-order valence-corrected chi connectivity index (χ0v) is 19.4. The number of nitrogens with zero attached hydrogens (tertiary/aromatic N) is 4. The fourth-order valence-electron chi connectivity index (χ4n) is 3.96. The fourth-order valence-corrected chi connectivity index (χ4v) is 3.96. The van der Waals surface area contributed by atoms with E-state index in [2.05, 4.69) is 76.7 Å². The van der Waals surface area contributed by atoms with Crippen molar-refractivity contribution in [3.63, 3.8) is 0 Å². The summed E-state index contributed by atoms with van der Waals surface area (Å²) in [4.78, 5) is 9.85. The number of rotatable bonds is 10. The molecule has 0 saturated carbocycles. The van der Waals surface area contributed by atoms with Gasteiger partial charge < -0.3 is 15.2 Å². The van der Waals surface area contributed by atoms with Gasteiger partial charge in [0, 0.05) is 64.3 Å². The van der Waals surface area contributed by atoms with Crippen LogP contribution in [0.4, 0.5) is 0 Å². The van der Waals surface area contributed by atoms with Gasteiger partial charge in [-0.2, -0.15) is 0 Å². The minimum atomic E-state index is 0.601. The maximum atomic E-state index is 5.46. The Balaban J connectivity index is 1.43. The molecule has 1 aromatic heterocycles. The molecule has 1 fully saturated rings. The van der Waals surface area contributed by atoms with Gasteiger partial charge in [0.05, 0.1) is 12.2 Å². The van der Waals surface area contributed by atoms with Crippen LogP contribution in [-0.4, -0.2) is 66.7 Å². The molecule has 0 spiro atoms. The Morgan fingerprint density at radius 1 is 1.00 bits per heavy atom. The van der Waals surface area contributed by atoms with Crippen molar-refractivity contribution in [3.8, 4) is 0 Å². The van der Waals surface area contributed by atoms with Crippen molar-refractivity contribution in [2.45, 2.75) is 46.7 Å². The van der Waals surface area contributed by atoms with Gasteiger partial charge in [-0.05, 0) is 18.9 Å². The van der Waals surface area contributed by atoms with Gasteiger partial charge in [0.2, 0.25) is 0 Å². The lowest BCUT2D eigenvalue weighted by Gasteiger charge is -2.34. The molecule has 7 heteroatoms. The van der Waals surface area contributed by atoms with Crippen molar-refractivity contribution >= 4 is 5.96 Å². The first kappa shape index (κ1) is 23.3. The molecule has 0 unspecified atom stereocenters. The molecule has 2 N–H and O–H groups in total. The number of guanidine groups is 1. The summed E-state index contributed by atoms with van der Waals surface area (Å²) in [7, 11) is 0. The third-order valence-corrected chi connectivity index (χ3v) is 5.78. The summed E-state index contributed by atoms with van der Waals surface area (Å²) in [5.41, 5.74) is 3.55. The first-order valence-electron chi connectivity index (χ1n) is 11.7. The first-order valence-corrected chi connectivity index (χ1v) is 11.7. The summed E-state index contributed by atoms with van der Waals surface area (Å²) < 4.78 is 5.46. The first-order chi connectivity index (χ1) is 15.2. The maximum Gasteiger partial charge on any atom is 0.191 e. The molecule has 0 atom stereocenters. The molecule has 7 nitrogen and oxygen atoms in total. The van der Waals surface area contributed by atoms with Crippen LogP contribution in [0.1, 0.15) is 43.4 Å². The SMILES string of the molecule is CCNC(=NCc1c(CC)noc1CC)NCCN1CCN(Cc2ccccc2)CC1. The molecule has 0 radical (unpaired) electrons. The lowest BCUT2D eigenvalue weighted by molar-refractivity contribution is 0.129. The predicted molar refractivity (Wildman–Crippen MR) is 126 cm³/mol. The minimum Gasteiger partial charge on any atom is -0.361 e. The zero-order chi connectivity index (χ0) is 21.9. The van der Waals surface area contributed by atoms with Crippen molar-refractivity contribution in [1.29, 1.82) is 0 Å². The molecule has 31 heavy (non-hydrogen) atoms. The summed E-state index contributed by atoms with van der Waals surface area (Å²) in [6.45, 7) is 15.2. The van der Waals surface area contributed by atoms with Crippen LogP contribution >= 0.6 is 0 Å². The van der Waals surface area contributed by atoms with Crippen molar-refractivity contribution < 1.29 is 4.52 Å². The molecule has 1 aliphatic heterocycles. The van der Waals surface area contributed by atoms with Crippen LogP contribution in [0.3, 0.4) is 0 Å². The van der Waals surface area contributed by atoms with Crippen molar-refractivity contribution in [1.82, 2.24) is 25.6 Å². The van der Waals surface area contributed by atoms with E-state index in [-0.39, 0.29) is 0 Å². The average Bonchev–Trinajstić information content (AvgIpc) is 3.21. The lowest BCUT2D eigenvalue weighted by Crippen LogP contribution is -2.49. The van der Waals surface area contributed by atoms with Crippen molar-refractivity contribution in [2.75, 3.05) is 45.8 Å². The summed E-state index contributed by atoms with van der Waals surface area (Å²) in [6.07, 6.45) is 1.71. The Labute approximate surface area is 186 Å². The second-order valence-corrected chi connectivity index (χ2v) is 7.96. The Morgan fingerprint density at radius 2 is 1.74 bits per heavy atom. The average molecular weight is 427 g/mol. The largest absolute Gasteiger partial charge is 0.361 e. The molecule has 1 aromatic carbocycles. The van der Waals surface area contributed by atoms with E-state index in [0.29, 0.717) is 6.54 Å². The van der Waals surface area contributed by atoms with Crippen LogP contribution in [0.2, 0.25) is 0 Å². The highest BCUT2D eigenvalue weighted by Gasteiger charge is 2.17. The van der Waals surface area contributed by atoms with Gasteiger partial charge in [-0.1, -0.05) is 49.3 Å². The predicted octanol–water partition coefficient (Wildman–Crippen LogP) is 2.67. The molecule has 0 aliphatic carbocycles. The van der Waals surface area contributed by atoms with E-state index >= 15 is 0 Å². The third-order valence-electron chi connectivity index (χ3n) is 5.78. The number of aryl methyl sites for hydroxylation is 2. The third kappa shape index (κ3) is 7.08. The number of aliphatic imine (C=N–C) groups is 1. The topological polar surface area (TPSA) is 68.9 Å². The summed E-state index contributed by atoms with van der Waals surface area (Å²) >= 11 is 0. The molecular weight excluding hydrogens is 388 g/mol. The summed E-state index contributed by atoms with van der Waals surface area (Å²) in [5.74, 6) is 1.81. The summed E-state index contributed by atoms with van der Waals surface area (Å²) in [5, 5.41) is 11.0. The van der Waals surface area contributed by atoms with Crippen LogP contribution in [0.5, 0.6) is 0 Å². The number of hydrogen-bond donors (Lipinski definition) is 2. The van der Waals surface area contributed by atoms with Gasteiger partial charge >= 0.3 is 0 Å². The van der Waals surface area contributed by atoms with E-state index in [0.717, 1.165) is 88.2 Å². The van der Waals surface area contributed by atoms with Crippen LogP contribution in [-0.2, 0) is 25.9 Å². The molecule has 3 rings (SSSR count). The van der Waals surface area contributed by atoms with Crippen LogP contribution in [0, 0.1) is 0 Å². The van der Waals surface area contributed by atoms with Crippen molar-refractivity contribution in [3.05, 3.63) is 52.9 Å². The smallest absolute Gasteiger partial charge is 0.191 e. The Kier molecular flexibility index (Phi) is 9.37. The highest BCUT2D eigenvalue weighted by atomic mass is 16.5. The second kappa shape index (κ2) is 12.5. The van der Waals surface area contributed by atoms with Crippen LogP contribution in [0.15, 0.2) is 39.8 Å². The lowest BCUT2D eigenvalue weighted by atomic mass is 10.1. The summed E-state index contributed by atoms with van der Waals surface area (Å²) in [6, 6.07) is 10.7. The molecule has 0 bridgehead atoms. The van der Waals surface area contributed by atoms with Crippen molar-refractivity contribution in [2.24, 2.45) is 4.99 Å². The molecule has 1 aliphatic rings. The number of piperazine rings is 1. The molecule has 1 saturated heterocycles. The number of aromatic nitrogens is 1. The second-order valence-electron chi connectivity index (χ2n) is 7.96. The van der Waals surface area contributed by atoms with E-state index in [1.165, 1.54) is 5.56 Å².